The fourth-order valence-corrected chi connectivity index (χ4v) is 1.50. The molecule has 0 fully saturated rings. The van der Waals surface area contributed by atoms with Gasteiger partial charge in [-0.2, -0.15) is 0 Å². The van der Waals surface area contributed by atoms with Gasteiger partial charge in [0.1, 0.15) is 5.75 Å². The van der Waals surface area contributed by atoms with Gasteiger partial charge in [0.25, 0.3) is 0 Å². The van der Waals surface area contributed by atoms with Crippen molar-refractivity contribution in [1.82, 2.24) is 10.2 Å². The smallest absolute Gasteiger partial charge is 0.219 e. The Morgan fingerprint density at radius 2 is 1.78 bits per heavy atom. The molecule has 0 amide bonds. The summed E-state index contributed by atoms with van der Waals surface area (Å²) in [6.07, 6.45) is 0.909. The molecule has 96 valence electrons. The van der Waals surface area contributed by atoms with Crippen LogP contribution in [0.1, 0.15) is 11.8 Å². The highest BCUT2D eigenvalue weighted by Gasteiger charge is 2.05. The Morgan fingerprint density at radius 1 is 1.11 bits per heavy atom. The molecule has 0 saturated heterocycles. The predicted octanol–water partition coefficient (Wildman–Crippen LogP) is 1.88. The van der Waals surface area contributed by atoms with E-state index in [0.29, 0.717) is 36.3 Å². The molecule has 1 aromatic heterocycles. The van der Waals surface area contributed by atoms with E-state index in [0.717, 1.165) is 5.75 Å². The zero-order chi connectivity index (χ0) is 12.8. The maximum absolute atomic E-state index is 8.71. The highest BCUT2D eigenvalue weighted by Crippen LogP contribution is 2.15. The fourth-order valence-electron chi connectivity index (χ4n) is 1.37. The number of ether oxygens (including phenoxy) is 1. The van der Waals surface area contributed by atoms with Crippen molar-refractivity contribution in [3.63, 3.8) is 0 Å². The molecule has 1 heterocycles. The average Bonchev–Trinajstić information content (AvgIpc) is 2.80. The predicted molar refractivity (Wildman–Crippen MR) is 65.7 cm³/mol. The van der Waals surface area contributed by atoms with Crippen LogP contribution in [-0.2, 0) is 12.8 Å². The molecule has 0 aliphatic heterocycles. The van der Waals surface area contributed by atoms with Crippen LogP contribution in [0.2, 0.25) is 5.02 Å². The molecule has 0 saturated carbocycles. The van der Waals surface area contributed by atoms with Crippen LogP contribution in [0.3, 0.4) is 0 Å². The van der Waals surface area contributed by atoms with E-state index in [1.54, 1.807) is 24.3 Å². The minimum absolute atomic E-state index is 0.00288. The van der Waals surface area contributed by atoms with E-state index in [4.69, 9.17) is 25.9 Å². The van der Waals surface area contributed by atoms with Gasteiger partial charge in [-0.3, -0.25) is 0 Å². The number of aliphatic hydroxyl groups is 1. The summed E-state index contributed by atoms with van der Waals surface area (Å²) in [4.78, 5) is 0. The van der Waals surface area contributed by atoms with E-state index in [1.165, 1.54) is 0 Å². The van der Waals surface area contributed by atoms with Crippen LogP contribution in [0.15, 0.2) is 28.7 Å². The third kappa shape index (κ3) is 3.72. The molecule has 6 heteroatoms. The maximum Gasteiger partial charge on any atom is 0.219 e. The van der Waals surface area contributed by atoms with Crippen LogP contribution in [0.5, 0.6) is 5.75 Å². The highest BCUT2D eigenvalue weighted by atomic mass is 35.5. The van der Waals surface area contributed by atoms with Crippen molar-refractivity contribution in [2.75, 3.05) is 13.2 Å². The number of hydrogen-bond donors (Lipinski definition) is 1. The van der Waals surface area contributed by atoms with Gasteiger partial charge >= 0.3 is 0 Å². The van der Waals surface area contributed by atoms with Gasteiger partial charge in [0.2, 0.25) is 11.8 Å². The van der Waals surface area contributed by atoms with Crippen LogP contribution >= 0.6 is 11.6 Å². The second-order valence-electron chi connectivity index (χ2n) is 3.62. The first-order valence-corrected chi connectivity index (χ1v) is 5.96. The van der Waals surface area contributed by atoms with Crippen LogP contribution in [0, 0.1) is 0 Å². The Kier molecular flexibility index (Phi) is 4.55. The second-order valence-corrected chi connectivity index (χ2v) is 4.05. The van der Waals surface area contributed by atoms with Crippen molar-refractivity contribution >= 4 is 11.6 Å². The number of aromatic nitrogens is 2. The summed E-state index contributed by atoms with van der Waals surface area (Å²) in [5.74, 6) is 1.70. The lowest BCUT2D eigenvalue weighted by molar-refractivity contribution is 0.278. The molecule has 1 N–H and O–H groups in total. The van der Waals surface area contributed by atoms with Crippen molar-refractivity contribution in [1.29, 1.82) is 0 Å². The van der Waals surface area contributed by atoms with Gasteiger partial charge in [0, 0.05) is 11.4 Å². The van der Waals surface area contributed by atoms with E-state index in [9.17, 15) is 0 Å². The first-order valence-electron chi connectivity index (χ1n) is 5.58. The van der Waals surface area contributed by atoms with Crippen molar-refractivity contribution in [2.45, 2.75) is 12.8 Å². The molecule has 0 radical (unpaired) electrons. The summed E-state index contributed by atoms with van der Waals surface area (Å²) in [5.41, 5.74) is 0. The van der Waals surface area contributed by atoms with E-state index >= 15 is 0 Å². The van der Waals surface area contributed by atoms with Crippen molar-refractivity contribution in [2.24, 2.45) is 0 Å². The largest absolute Gasteiger partial charge is 0.493 e. The molecule has 0 bridgehead atoms. The van der Waals surface area contributed by atoms with Crippen LogP contribution < -0.4 is 4.74 Å². The first-order chi connectivity index (χ1) is 8.78. The number of hydrogen-bond acceptors (Lipinski definition) is 5. The van der Waals surface area contributed by atoms with Gasteiger partial charge in [0.15, 0.2) is 0 Å². The summed E-state index contributed by atoms with van der Waals surface area (Å²) in [6.45, 7) is 0.450. The summed E-state index contributed by atoms with van der Waals surface area (Å²) in [7, 11) is 0. The van der Waals surface area contributed by atoms with Crippen molar-refractivity contribution in [3.05, 3.63) is 41.1 Å². The number of rotatable bonds is 6. The molecule has 5 nitrogen and oxygen atoms in total. The lowest BCUT2D eigenvalue weighted by atomic mass is 10.3. The monoisotopic (exact) mass is 268 g/mol. The maximum atomic E-state index is 8.71. The summed E-state index contributed by atoms with van der Waals surface area (Å²) < 4.78 is 10.8. The average molecular weight is 269 g/mol. The van der Waals surface area contributed by atoms with E-state index in [1.807, 2.05) is 0 Å². The lowest BCUT2D eigenvalue weighted by Gasteiger charge is -2.03. The second kappa shape index (κ2) is 6.37. The topological polar surface area (TPSA) is 68.4 Å². The molecule has 1 aromatic carbocycles. The standard InChI is InChI=1S/C12H13ClN2O3/c13-9-1-3-10(4-2-9)17-8-6-12-15-14-11(18-12)5-7-16/h1-4,16H,5-8H2. The van der Waals surface area contributed by atoms with E-state index in [2.05, 4.69) is 10.2 Å². The molecular weight excluding hydrogens is 256 g/mol. The van der Waals surface area contributed by atoms with Gasteiger partial charge < -0.3 is 14.3 Å². The van der Waals surface area contributed by atoms with Gasteiger partial charge in [-0.1, -0.05) is 11.6 Å². The Morgan fingerprint density at radius 3 is 2.44 bits per heavy atom. The first kappa shape index (κ1) is 12.9. The molecule has 0 atom stereocenters. The third-order valence-electron chi connectivity index (χ3n) is 2.23. The molecule has 0 aliphatic rings. The van der Waals surface area contributed by atoms with E-state index < -0.39 is 0 Å². The number of benzene rings is 1. The van der Waals surface area contributed by atoms with Crippen molar-refractivity contribution in [3.8, 4) is 5.75 Å². The number of aliphatic hydroxyl groups excluding tert-OH is 1. The SMILES string of the molecule is OCCc1nnc(CCOc2ccc(Cl)cc2)o1. The molecule has 0 spiro atoms. The molecule has 0 unspecified atom stereocenters. The Labute approximate surface area is 109 Å². The van der Waals surface area contributed by atoms with Crippen LogP contribution in [-0.4, -0.2) is 28.5 Å². The Balaban J connectivity index is 1.79. The third-order valence-corrected chi connectivity index (χ3v) is 2.48. The Bertz CT molecular complexity index is 484. The molecule has 2 aromatic rings. The molecular formula is C12H13ClN2O3. The summed E-state index contributed by atoms with van der Waals surface area (Å²) in [5, 5.41) is 17.0. The fraction of sp³-hybridized carbons (Fsp3) is 0.333. The zero-order valence-electron chi connectivity index (χ0n) is 9.67. The lowest BCUT2D eigenvalue weighted by Crippen LogP contribution is -2.01. The van der Waals surface area contributed by atoms with Crippen LogP contribution in [0.4, 0.5) is 0 Å². The summed E-state index contributed by atoms with van der Waals surface area (Å²) >= 11 is 5.76. The minimum atomic E-state index is 0.00288. The number of halogens is 1. The zero-order valence-corrected chi connectivity index (χ0v) is 10.4. The highest BCUT2D eigenvalue weighted by molar-refractivity contribution is 6.30. The van der Waals surface area contributed by atoms with Gasteiger partial charge in [0.05, 0.1) is 19.6 Å². The van der Waals surface area contributed by atoms with Gasteiger partial charge in [-0.25, -0.2) is 0 Å². The molecule has 0 aliphatic carbocycles. The molecule has 2 rings (SSSR count). The van der Waals surface area contributed by atoms with E-state index in [-0.39, 0.29) is 6.61 Å². The van der Waals surface area contributed by atoms with Gasteiger partial charge in [-0.15, -0.1) is 10.2 Å². The number of nitrogens with zero attached hydrogens (tertiary/aromatic N) is 2. The Hall–Kier alpha value is -1.59. The quantitative estimate of drug-likeness (QED) is 0.866. The van der Waals surface area contributed by atoms with Crippen molar-refractivity contribution < 1.29 is 14.3 Å². The summed E-state index contributed by atoms with van der Waals surface area (Å²) in [6, 6.07) is 7.13. The molecule has 18 heavy (non-hydrogen) atoms. The van der Waals surface area contributed by atoms with Crippen LogP contribution in [0.25, 0.3) is 0 Å². The van der Waals surface area contributed by atoms with Gasteiger partial charge in [-0.05, 0) is 24.3 Å². The normalized spacial score (nSPS) is 10.6. The minimum Gasteiger partial charge on any atom is -0.493 e.